The number of carbonyl (C=O) groups is 1. The van der Waals surface area contributed by atoms with E-state index in [9.17, 15) is 9.59 Å². The van der Waals surface area contributed by atoms with Crippen LogP contribution in [-0.2, 0) is 13.0 Å². The van der Waals surface area contributed by atoms with Crippen LogP contribution in [0.3, 0.4) is 0 Å². The van der Waals surface area contributed by atoms with Crippen LogP contribution in [0.5, 0.6) is 0 Å². The van der Waals surface area contributed by atoms with E-state index in [-0.39, 0.29) is 11.5 Å². The zero-order valence-corrected chi connectivity index (χ0v) is 21.8. The van der Waals surface area contributed by atoms with Gasteiger partial charge < -0.3 is 10.2 Å². The van der Waals surface area contributed by atoms with Gasteiger partial charge in [-0.15, -0.1) is 0 Å². The summed E-state index contributed by atoms with van der Waals surface area (Å²) in [6, 6.07) is 19.0. The van der Waals surface area contributed by atoms with Crippen molar-refractivity contribution in [2.24, 2.45) is 5.92 Å². The van der Waals surface area contributed by atoms with Crippen LogP contribution in [0.1, 0.15) is 59.3 Å². The standard InChI is InChI=1S/C31H33N5O2/c1-21-27-15-16-28(37)36(26-13-11-24(12-14-26)30(38)32-19-22-7-3-2-4-8-22)29(27)34-31(33-21)35-18-17-23-9-5-6-10-25(23)20-35/h5-6,9-16,22H,2-4,7-8,17-20H2,1H3,(H,32,38). The van der Waals surface area contributed by atoms with Crippen molar-refractivity contribution in [2.75, 3.05) is 18.0 Å². The fourth-order valence-electron chi connectivity index (χ4n) is 5.80. The number of fused-ring (bicyclic) bond motifs is 2. The molecule has 1 aliphatic carbocycles. The van der Waals surface area contributed by atoms with Crippen LogP contribution in [-0.4, -0.2) is 33.5 Å². The molecule has 0 saturated heterocycles. The number of aryl methyl sites for hydroxylation is 1. The summed E-state index contributed by atoms with van der Waals surface area (Å²) >= 11 is 0. The van der Waals surface area contributed by atoms with Crippen LogP contribution in [0.2, 0.25) is 0 Å². The molecule has 0 atom stereocenters. The van der Waals surface area contributed by atoms with Gasteiger partial charge in [-0.1, -0.05) is 43.5 Å². The minimum absolute atomic E-state index is 0.0711. The van der Waals surface area contributed by atoms with E-state index in [0.29, 0.717) is 28.8 Å². The fraction of sp³-hybridized carbons (Fsp3) is 0.355. The van der Waals surface area contributed by atoms with E-state index in [2.05, 4.69) is 34.5 Å². The third kappa shape index (κ3) is 4.80. The number of benzene rings is 2. The highest BCUT2D eigenvalue weighted by atomic mass is 16.1. The lowest BCUT2D eigenvalue weighted by molar-refractivity contribution is 0.0943. The van der Waals surface area contributed by atoms with Gasteiger partial charge >= 0.3 is 0 Å². The van der Waals surface area contributed by atoms with Gasteiger partial charge in [-0.05, 0) is 73.6 Å². The Kier molecular flexibility index (Phi) is 6.66. The predicted molar refractivity (Wildman–Crippen MR) is 150 cm³/mol. The topological polar surface area (TPSA) is 80.1 Å². The smallest absolute Gasteiger partial charge is 0.256 e. The number of carbonyl (C=O) groups excluding carboxylic acids is 1. The SMILES string of the molecule is Cc1nc(N2CCc3ccccc3C2)nc2c1ccc(=O)n2-c1ccc(C(=O)NCC2CCCCC2)cc1. The number of hydrogen-bond acceptors (Lipinski definition) is 5. The molecule has 6 rings (SSSR count). The summed E-state index contributed by atoms with van der Waals surface area (Å²) in [4.78, 5) is 37.8. The third-order valence-electron chi connectivity index (χ3n) is 8.01. The van der Waals surface area contributed by atoms with Crippen LogP contribution in [0.4, 0.5) is 5.95 Å². The fourth-order valence-corrected chi connectivity index (χ4v) is 5.80. The first kappa shape index (κ1) is 24.3. The molecule has 1 amide bonds. The number of pyridine rings is 1. The second-order valence-electron chi connectivity index (χ2n) is 10.6. The zero-order valence-electron chi connectivity index (χ0n) is 21.8. The number of nitrogens with zero attached hydrogens (tertiary/aromatic N) is 4. The van der Waals surface area contributed by atoms with E-state index in [0.717, 1.165) is 37.1 Å². The molecule has 0 spiro atoms. The van der Waals surface area contributed by atoms with Gasteiger partial charge in [0.1, 0.15) is 0 Å². The maximum absolute atomic E-state index is 13.1. The number of hydrogen-bond donors (Lipinski definition) is 1. The van der Waals surface area contributed by atoms with E-state index in [1.165, 1.54) is 43.2 Å². The Hall–Kier alpha value is -4.00. The van der Waals surface area contributed by atoms with Gasteiger partial charge in [-0.3, -0.25) is 14.2 Å². The summed E-state index contributed by atoms with van der Waals surface area (Å²) in [5.41, 5.74) is 5.16. The van der Waals surface area contributed by atoms with E-state index >= 15 is 0 Å². The van der Waals surface area contributed by atoms with Crippen molar-refractivity contribution in [3.8, 4) is 5.69 Å². The highest BCUT2D eigenvalue weighted by Crippen LogP contribution is 2.26. The van der Waals surface area contributed by atoms with Crippen LogP contribution in [0, 0.1) is 12.8 Å². The Labute approximate surface area is 222 Å². The average molecular weight is 508 g/mol. The number of amides is 1. The summed E-state index contributed by atoms with van der Waals surface area (Å²) in [7, 11) is 0. The Morgan fingerprint density at radius 2 is 1.71 bits per heavy atom. The van der Waals surface area contributed by atoms with E-state index < -0.39 is 0 Å². The van der Waals surface area contributed by atoms with Crippen LogP contribution in [0.25, 0.3) is 16.7 Å². The maximum Gasteiger partial charge on any atom is 0.256 e. The molecule has 7 heteroatoms. The summed E-state index contributed by atoms with van der Waals surface area (Å²) in [6.07, 6.45) is 7.13. The Morgan fingerprint density at radius 1 is 0.947 bits per heavy atom. The van der Waals surface area contributed by atoms with Crippen molar-refractivity contribution >= 4 is 22.9 Å². The Bertz CT molecular complexity index is 1540. The molecule has 1 saturated carbocycles. The second kappa shape index (κ2) is 10.4. The molecule has 2 aromatic carbocycles. The van der Waals surface area contributed by atoms with Gasteiger partial charge in [-0.25, -0.2) is 4.98 Å². The molecule has 1 N–H and O–H groups in total. The molecule has 2 aromatic heterocycles. The first-order valence-electron chi connectivity index (χ1n) is 13.7. The average Bonchev–Trinajstić information content (AvgIpc) is 2.96. The van der Waals surface area contributed by atoms with Crippen molar-refractivity contribution in [1.82, 2.24) is 19.9 Å². The number of aromatic nitrogens is 3. The van der Waals surface area contributed by atoms with E-state index in [4.69, 9.17) is 9.97 Å². The Balaban J connectivity index is 1.29. The third-order valence-corrected chi connectivity index (χ3v) is 8.01. The second-order valence-corrected chi connectivity index (χ2v) is 10.6. The van der Waals surface area contributed by atoms with Gasteiger partial charge in [0.05, 0.1) is 11.4 Å². The lowest BCUT2D eigenvalue weighted by Gasteiger charge is -2.29. The van der Waals surface area contributed by atoms with Crippen molar-refractivity contribution in [3.63, 3.8) is 0 Å². The molecule has 0 radical (unpaired) electrons. The van der Waals surface area contributed by atoms with Gasteiger partial charge in [0.2, 0.25) is 5.95 Å². The summed E-state index contributed by atoms with van der Waals surface area (Å²) in [5, 5.41) is 3.93. The summed E-state index contributed by atoms with van der Waals surface area (Å²) in [5.74, 6) is 1.13. The lowest BCUT2D eigenvalue weighted by Crippen LogP contribution is -2.32. The highest BCUT2D eigenvalue weighted by molar-refractivity contribution is 5.94. The number of rotatable bonds is 5. The molecule has 0 unspecified atom stereocenters. The van der Waals surface area contributed by atoms with Gasteiger partial charge in [0.25, 0.3) is 11.5 Å². The molecule has 4 aromatic rings. The maximum atomic E-state index is 13.1. The van der Waals surface area contributed by atoms with E-state index in [1.54, 1.807) is 28.8 Å². The first-order chi connectivity index (χ1) is 18.6. The minimum atomic E-state index is -0.167. The molecular weight excluding hydrogens is 474 g/mol. The number of anilines is 1. The zero-order chi connectivity index (χ0) is 26.1. The first-order valence-corrected chi connectivity index (χ1v) is 13.7. The monoisotopic (exact) mass is 507 g/mol. The molecule has 0 bridgehead atoms. The van der Waals surface area contributed by atoms with Gasteiger partial charge in [0.15, 0.2) is 5.65 Å². The molecule has 1 aliphatic heterocycles. The van der Waals surface area contributed by atoms with Crippen molar-refractivity contribution in [1.29, 1.82) is 0 Å². The van der Waals surface area contributed by atoms with Crippen LogP contribution < -0.4 is 15.8 Å². The number of nitrogens with one attached hydrogen (secondary N) is 1. The quantitative estimate of drug-likeness (QED) is 0.413. The highest BCUT2D eigenvalue weighted by Gasteiger charge is 2.21. The molecule has 1 fully saturated rings. The molecule has 38 heavy (non-hydrogen) atoms. The van der Waals surface area contributed by atoms with Gasteiger partial charge in [-0.2, -0.15) is 4.98 Å². The lowest BCUT2D eigenvalue weighted by atomic mass is 9.89. The molecule has 2 aliphatic rings. The predicted octanol–water partition coefficient (Wildman–Crippen LogP) is 4.96. The molecule has 3 heterocycles. The van der Waals surface area contributed by atoms with Gasteiger partial charge in [0, 0.05) is 36.7 Å². The van der Waals surface area contributed by atoms with E-state index in [1.807, 2.05) is 19.1 Å². The summed E-state index contributed by atoms with van der Waals surface area (Å²) < 4.78 is 1.62. The molecular formula is C31H33N5O2. The normalized spacial score (nSPS) is 15.9. The molecule has 194 valence electrons. The van der Waals surface area contributed by atoms with Crippen LogP contribution in [0.15, 0.2) is 65.5 Å². The van der Waals surface area contributed by atoms with Crippen molar-refractivity contribution in [3.05, 3.63) is 93.4 Å². The van der Waals surface area contributed by atoms with Crippen molar-refractivity contribution < 1.29 is 4.79 Å². The van der Waals surface area contributed by atoms with Crippen LogP contribution >= 0.6 is 0 Å². The minimum Gasteiger partial charge on any atom is -0.352 e. The largest absolute Gasteiger partial charge is 0.352 e. The van der Waals surface area contributed by atoms with Crippen molar-refractivity contribution in [2.45, 2.75) is 52.0 Å². The summed E-state index contributed by atoms with van der Waals surface area (Å²) in [6.45, 7) is 4.25. The Morgan fingerprint density at radius 3 is 2.50 bits per heavy atom. The molecule has 7 nitrogen and oxygen atoms in total.